The summed E-state index contributed by atoms with van der Waals surface area (Å²) in [5, 5.41) is 13.1. The van der Waals surface area contributed by atoms with Crippen LogP contribution < -0.4 is 10.1 Å². The molecule has 0 aromatic heterocycles. The van der Waals surface area contributed by atoms with E-state index in [1.165, 1.54) is 18.2 Å². The number of ether oxygens (including phenoxy) is 1. The van der Waals surface area contributed by atoms with Gasteiger partial charge in [-0.25, -0.2) is 4.39 Å². The standard InChI is InChI=1S/C15H15ClFNO2/c16-14-7-6-11(17)8-15(14)18-9-12(19)10-20-13-4-2-1-3-5-13/h1-8,12,18-19H,9-10H2. The summed E-state index contributed by atoms with van der Waals surface area (Å²) >= 11 is 5.91. The van der Waals surface area contributed by atoms with Crippen molar-refractivity contribution in [3.8, 4) is 5.75 Å². The summed E-state index contributed by atoms with van der Waals surface area (Å²) in [6.07, 6.45) is -0.727. The highest BCUT2D eigenvalue weighted by molar-refractivity contribution is 6.33. The van der Waals surface area contributed by atoms with Gasteiger partial charge < -0.3 is 15.2 Å². The number of aliphatic hydroxyl groups excluding tert-OH is 1. The minimum absolute atomic E-state index is 0.143. The number of benzene rings is 2. The van der Waals surface area contributed by atoms with Gasteiger partial charge in [-0.05, 0) is 30.3 Å². The van der Waals surface area contributed by atoms with Crippen LogP contribution in [0.15, 0.2) is 48.5 Å². The van der Waals surface area contributed by atoms with Gasteiger partial charge in [0, 0.05) is 6.54 Å². The van der Waals surface area contributed by atoms with Gasteiger partial charge >= 0.3 is 0 Å². The molecule has 2 rings (SSSR count). The number of rotatable bonds is 6. The molecule has 5 heteroatoms. The Morgan fingerprint density at radius 3 is 2.70 bits per heavy atom. The summed E-state index contributed by atoms with van der Waals surface area (Å²) in [7, 11) is 0. The fraction of sp³-hybridized carbons (Fsp3) is 0.200. The van der Waals surface area contributed by atoms with E-state index in [9.17, 15) is 9.50 Å². The molecule has 0 fully saturated rings. The van der Waals surface area contributed by atoms with Gasteiger partial charge in [-0.3, -0.25) is 0 Å². The van der Waals surface area contributed by atoms with Crippen LogP contribution in [0.1, 0.15) is 0 Å². The zero-order valence-corrected chi connectivity index (χ0v) is 11.5. The lowest BCUT2D eigenvalue weighted by Crippen LogP contribution is -2.26. The first kappa shape index (κ1) is 14.6. The van der Waals surface area contributed by atoms with Crippen LogP contribution in [0.5, 0.6) is 5.75 Å². The summed E-state index contributed by atoms with van der Waals surface area (Å²) in [5.41, 5.74) is 0.449. The summed E-state index contributed by atoms with van der Waals surface area (Å²) in [4.78, 5) is 0. The van der Waals surface area contributed by atoms with Gasteiger partial charge in [0.1, 0.15) is 24.3 Å². The molecule has 0 spiro atoms. The second kappa shape index (κ2) is 7.12. The van der Waals surface area contributed by atoms with Gasteiger partial charge in [0.2, 0.25) is 0 Å². The molecule has 0 heterocycles. The van der Waals surface area contributed by atoms with Crippen molar-refractivity contribution >= 4 is 17.3 Å². The monoisotopic (exact) mass is 295 g/mol. The zero-order chi connectivity index (χ0) is 14.4. The maximum atomic E-state index is 13.1. The highest BCUT2D eigenvalue weighted by Gasteiger charge is 2.07. The predicted molar refractivity (Wildman–Crippen MR) is 77.8 cm³/mol. The second-order valence-corrected chi connectivity index (χ2v) is 4.69. The molecule has 0 saturated carbocycles. The molecule has 3 nitrogen and oxygen atoms in total. The van der Waals surface area contributed by atoms with E-state index >= 15 is 0 Å². The Kier molecular flexibility index (Phi) is 5.21. The topological polar surface area (TPSA) is 41.5 Å². The second-order valence-electron chi connectivity index (χ2n) is 4.28. The maximum Gasteiger partial charge on any atom is 0.125 e. The third-order valence-electron chi connectivity index (χ3n) is 2.64. The van der Waals surface area contributed by atoms with Crippen LogP contribution in [0, 0.1) is 5.82 Å². The number of aliphatic hydroxyl groups is 1. The molecule has 1 unspecified atom stereocenters. The van der Waals surface area contributed by atoms with E-state index in [1.807, 2.05) is 30.3 Å². The Morgan fingerprint density at radius 1 is 1.20 bits per heavy atom. The Labute approximate surface area is 122 Å². The number of anilines is 1. The van der Waals surface area contributed by atoms with Crippen LogP contribution in [0.4, 0.5) is 10.1 Å². The van der Waals surface area contributed by atoms with Gasteiger partial charge in [0.25, 0.3) is 0 Å². The van der Waals surface area contributed by atoms with E-state index in [2.05, 4.69) is 5.32 Å². The highest BCUT2D eigenvalue weighted by Crippen LogP contribution is 2.22. The third kappa shape index (κ3) is 4.40. The Hall–Kier alpha value is -1.78. The lowest BCUT2D eigenvalue weighted by Gasteiger charge is -2.14. The first-order chi connectivity index (χ1) is 9.65. The summed E-state index contributed by atoms with van der Waals surface area (Å²) < 4.78 is 18.5. The first-order valence-corrected chi connectivity index (χ1v) is 6.58. The van der Waals surface area contributed by atoms with E-state index in [0.717, 1.165) is 0 Å². The van der Waals surface area contributed by atoms with Gasteiger partial charge in [-0.1, -0.05) is 29.8 Å². The average Bonchev–Trinajstić information content (AvgIpc) is 2.47. The molecule has 0 amide bonds. The molecule has 2 N–H and O–H groups in total. The van der Waals surface area contributed by atoms with Gasteiger partial charge in [0.15, 0.2) is 0 Å². The Morgan fingerprint density at radius 2 is 1.95 bits per heavy atom. The smallest absolute Gasteiger partial charge is 0.125 e. The van der Waals surface area contributed by atoms with Crippen molar-refractivity contribution in [3.05, 3.63) is 59.4 Å². The van der Waals surface area contributed by atoms with Crippen LogP contribution in [-0.2, 0) is 0 Å². The van der Waals surface area contributed by atoms with Gasteiger partial charge in [0.05, 0.1) is 10.7 Å². The van der Waals surface area contributed by atoms with Crippen molar-refractivity contribution in [1.29, 1.82) is 0 Å². The first-order valence-electron chi connectivity index (χ1n) is 6.20. The molecule has 2 aromatic rings. The van der Waals surface area contributed by atoms with Crippen molar-refractivity contribution in [3.63, 3.8) is 0 Å². The van der Waals surface area contributed by atoms with E-state index < -0.39 is 6.10 Å². The predicted octanol–water partition coefficient (Wildman–Crippen LogP) is 3.33. The lowest BCUT2D eigenvalue weighted by atomic mass is 10.3. The maximum absolute atomic E-state index is 13.1. The fourth-order valence-electron chi connectivity index (χ4n) is 1.63. The Bertz CT molecular complexity index is 551. The minimum Gasteiger partial charge on any atom is -0.491 e. The normalized spacial score (nSPS) is 11.9. The molecule has 0 aliphatic rings. The van der Waals surface area contributed by atoms with E-state index in [4.69, 9.17) is 16.3 Å². The van der Waals surface area contributed by atoms with Crippen molar-refractivity contribution < 1.29 is 14.2 Å². The third-order valence-corrected chi connectivity index (χ3v) is 2.97. The van der Waals surface area contributed by atoms with Gasteiger partial charge in [-0.15, -0.1) is 0 Å². The molecule has 0 aliphatic carbocycles. The number of hydrogen-bond acceptors (Lipinski definition) is 3. The molecule has 106 valence electrons. The highest BCUT2D eigenvalue weighted by atomic mass is 35.5. The molecule has 0 radical (unpaired) electrons. The SMILES string of the molecule is OC(CNc1cc(F)ccc1Cl)COc1ccccc1. The van der Waals surface area contributed by atoms with Crippen molar-refractivity contribution in [2.75, 3.05) is 18.5 Å². The lowest BCUT2D eigenvalue weighted by molar-refractivity contribution is 0.117. The van der Waals surface area contributed by atoms with Crippen molar-refractivity contribution in [2.45, 2.75) is 6.10 Å². The van der Waals surface area contributed by atoms with Crippen LogP contribution >= 0.6 is 11.6 Å². The van der Waals surface area contributed by atoms with E-state index in [0.29, 0.717) is 16.5 Å². The average molecular weight is 296 g/mol. The summed E-state index contributed by atoms with van der Waals surface area (Å²) in [6, 6.07) is 13.2. The molecule has 20 heavy (non-hydrogen) atoms. The molecular weight excluding hydrogens is 281 g/mol. The Balaban J connectivity index is 1.80. The van der Waals surface area contributed by atoms with Crippen LogP contribution in [0.25, 0.3) is 0 Å². The van der Waals surface area contributed by atoms with Crippen LogP contribution in [-0.4, -0.2) is 24.4 Å². The number of halogens is 2. The summed E-state index contributed by atoms with van der Waals surface area (Å²) in [5.74, 6) is 0.308. The molecular formula is C15H15ClFNO2. The quantitative estimate of drug-likeness (QED) is 0.859. The van der Waals surface area contributed by atoms with Crippen molar-refractivity contribution in [2.24, 2.45) is 0 Å². The van der Waals surface area contributed by atoms with Crippen LogP contribution in [0.3, 0.4) is 0 Å². The minimum atomic E-state index is -0.727. The van der Waals surface area contributed by atoms with E-state index in [1.54, 1.807) is 0 Å². The molecule has 2 aromatic carbocycles. The largest absolute Gasteiger partial charge is 0.491 e. The van der Waals surface area contributed by atoms with Crippen LogP contribution in [0.2, 0.25) is 5.02 Å². The molecule has 0 saturated heterocycles. The van der Waals surface area contributed by atoms with Crippen molar-refractivity contribution in [1.82, 2.24) is 0 Å². The number of hydrogen-bond donors (Lipinski definition) is 2. The zero-order valence-electron chi connectivity index (χ0n) is 10.7. The molecule has 0 aliphatic heterocycles. The van der Waals surface area contributed by atoms with E-state index in [-0.39, 0.29) is 19.0 Å². The fourth-order valence-corrected chi connectivity index (χ4v) is 1.81. The number of nitrogens with one attached hydrogen (secondary N) is 1. The number of para-hydroxylation sites is 1. The molecule has 1 atom stereocenters. The molecule has 0 bridgehead atoms. The summed E-state index contributed by atoms with van der Waals surface area (Å²) in [6.45, 7) is 0.361. The van der Waals surface area contributed by atoms with Gasteiger partial charge in [-0.2, -0.15) is 0 Å².